The van der Waals surface area contributed by atoms with E-state index in [0.717, 1.165) is 11.6 Å². The van der Waals surface area contributed by atoms with E-state index in [1.165, 1.54) is 37.8 Å². The van der Waals surface area contributed by atoms with Crippen LogP contribution in [0.2, 0.25) is 5.02 Å². The molecule has 3 heteroatoms. The van der Waals surface area contributed by atoms with Gasteiger partial charge in [-0.05, 0) is 57.5 Å². The van der Waals surface area contributed by atoms with Crippen LogP contribution < -0.4 is 5.32 Å². The highest BCUT2D eigenvalue weighted by Gasteiger charge is 2.23. The smallest absolute Gasteiger partial charge is 0.0409 e. The highest BCUT2D eigenvalue weighted by Crippen LogP contribution is 2.23. The number of halogens is 1. The molecule has 1 aliphatic rings. The van der Waals surface area contributed by atoms with E-state index in [9.17, 15) is 0 Å². The lowest BCUT2D eigenvalue weighted by Gasteiger charge is -2.37. The Labute approximate surface area is 122 Å². The van der Waals surface area contributed by atoms with Crippen molar-refractivity contribution in [3.05, 3.63) is 34.9 Å². The van der Waals surface area contributed by atoms with Gasteiger partial charge in [0, 0.05) is 23.7 Å². The van der Waals surface area contributed by atoms with Crippen LogP contribution in [-0.2, 0) is 6.54 Å². The number of benzene rings is 1. The van der Waals surface area contributed by atoms with Gasteiger partial charge in [0.05, 0.1) is 0 Å². The number of rotatable bonds is 5. The normalized spacial score (nSPS) is 22.4. The molecule has 1 saturated heterocycles. The minimum Gasteiger partial charge on any atom is -0.317 e. The second-order valence-electron chi connectivity index (χ2n) is 5.68. The Morgan fingerprint density at radius 1 is 1.42 bits per heavy atom. The van der Waals surface area contributed by atoms with Crippen molar-refractivity contribution in [1.29, 1.82) is 0 Å². The first-order valence-electron chi connectivity index (χ1n) is 7.35. The summed E-state index contributed by atoms with van der Waals surface area (Å²) < 4.78 is 0. The number of hydrogen-bond acceptors (Lipinski definition) is 2. The zero-order chi connectivity index (χ0) is 13.7. The van der Waals surface area contributed by atoms with E-state index in [0.29, 0.717) is 12.1 Å². The first-order valence-corrected chi connectivity index (χ1v) is 7.72. The number of piperidine rings is 1. The van der Waals surface area contributed by atoms with Crippen molar-refractivity contribution in [1.82, 2.24) is 10.2 Å². The molecule has 0 aromatic heterocycles. The van der Waals surface area contributed by atoms with E-state index in [1.54, 1.807) is 0 Å². The molecule has 1 N–H and O–H groups in total. The van der Waals surface area contributed by atoms with E-state index in [1.807, 2.05) is 12.1 Å². The van der Waals surface area contributed by atoms with E-state index in [2.05, 4.69) is 36.3 Å². The molecule has 2 unspecified atom stereocenters. The molecule has 0 spiro atoms. The summed E-state index contributed by atoms with van der Waals surface area (Å²) in [6.07, 6.45) is 5.25. The third kappa shape index (κ3) is 4.48. The molecule has 1 aromatic rings. The second-order valence-corrected chi connectivity index (χ2v) is 6.11. The molecular weight excluding hydrogens is 256 g/mol. The van der Waals surface area contributed by atoms with E-state index < -0.39 is 0 Å². The van der Waals surface area contributed by atoms with E-state index in [-0.39, 0.29) is 0 Å². The van der Waals surface area contributed by atoms with Crippen molar-refractivity contribution >= 4 is 11.6 Å². The maximum absolute atomic E-state index is 6.08. The Kier molecular flexibility index (Phi) is 5.68. The molecule has 1 heterocycles. The van der Waals surface area contributed by atoms with Crippen molar-refractivity contribution in [2.45, 2.75) is 51.2 Å². The van der Waals surface area contributed by atoms with Crippen LogP contribution in [0.1, 0.15) is 38.2 Å². The summed E-state index contributed by atoms with van der Waals surface area (Å²) in [6.45, 7) is 4.52. The van der Waals surface area contributed by atoms with Gasteiger partial charge < -0.3 is 5.32 Å². The zero-order valence-electron chi connectivity index (χ0n) is 12.0. The summed E-state index contributed by atoms with van der Waals surface area (Å²) in [5.74, 6) is 0. The van der Waals surface area contributed by atoms with Crippen LogP contribution in [0, 0.1) is 0 Å². The van der Waals surface area contributed by atoms with Gasteiger partial charge in [-0.2, -0.15) is 0 Å². The van der Waals surface area contributed by atoms with Gasteiger partial charge in [-0.3, -0.25) is 4.90 Å². The Balaban J connectivity index is 1.99. The van der Waals surface area contributed by atoms with Gasteiger partial charge >= 0.3 is 0 Å². The fourth-order valence-corrected chi connectivity index (χ4v) is 3.14. The van der Waals surface area contributed by atoms with Gasteiger partial charge in [0.25, 0.3) is 0 Å². The molecule has 0 amide bonds. The Morgan fingerprint density at radius 3 is 3.00 bits per heavy atom. The molecule has 19 heavy (non-hydrogen) atoms. The van der Waals surface area contributed by atoms with Crippen LogP contribution in [0.3, 0.4) is 0 Å². The summed E-state index contributed by atoms with van der Waals surface area (Å²) >= 11 is 6.08. The average molecular weight is 281 g/mol. The molecule has 2 rings (SSSR count). The molecule has 1 aromatic carbocycles. The third-order valence-electron chi connectivity index (χ3n) is 4.14. The number of nitrogens with one attached hydrogen (secondary N) is 1. The third-order valence-corrected chi connectivity index (χ3v) is 4.38. The minimum absolute atomic E-state index is 0.588. The Hall–Kier alpha value is -0.570. The molecular formula is C16H25ClN2. The van der Waals surface area contributed by atoms with Gasteiger partial charge in [-0.1, -0.05) is 30.2 Å². The molecule has 0 bridgehead atoms. The first-order chi connectivity index (χ1) is 9.19. The lowest BCUT2D eigenvalue weighted by atomic mass is 9.95. The summed E-state index contributed by atoms with van der Waals surface area (Å²) in [7, 11) is 2.05. The van der Waals surface area contributed by atoms with E-state index >= 15 is 0 Å². The molecule has 0 radical (unpaired) electrons. The summed E-state index contributed by atoms with van der Waals surface area (Å²) in [4.78, 5) is 2.63. The molecule has 0 aliphatic carbocycles. The van der Waals surface area contributed by atoms with Crippen LogP contribution in [0.4, 0.5) is 0 Å². The van der Waals surface area contributed by atoms with Crippen molar-refractivity contribution in [2.24, 2.45) is 0 Å². The van der Waals surface area contributed by atoms with Crippen molar-refractivity contribution in [2.75, 3.05) is 13.6 Å². The van der Waals surface area contributed by atoms with Crippen LogP contribution in [0.15, 0.2) is 24.3 Å². The quantitative estimate of drug-likeness (QED) is 0.885. The van der Waals surface area contributed by atoms with Gasteiger partial charge in [0.2, 0.25) is 0 Å². The minimum atomic E-state index is 0.588. The highest BCUT2D eigenvalue weighted by molar-refractivity contribution is 6.30. The lowest BCUT2D eigenvalue weighted by molar-refractivity contribution is 0.125. The van der Waals surface area contributed by atoms with Crippen LogP contribution in [0.5, 0.6) is 0 Å². The van der Waals surface area contributed by atoms with Crippen molar-refractivity contribution in [3.63, 3.8) is 0 Å². The SMILES string of the molecule is CNC(C)CC1CCCCN1Cc1cccc(Cl)c1. The summed E-state index contributed by atoms with van der Waals surface area (Å²) in [5.41, 5.74) is 1.33. The number of hydrogen-bond donors (Lipinski definition) is 1. The molecule has 2 atom stereocenters. The zero-order valence-corrected chi connectivity index (χ0v) is 12.8. The van der Waals surface area contributed by atoms with Crippen molar-refractivity contribution < 1.29 is 0 Å². The summed E-state index contributed by atoms with van der Waals surface area (Å²) in [5, 5.41) is 4.20. The number of nitrogens with zero attached hydrogens (tertiary/aromatic N) is 1. The predicted molar refractivity (Wildman–Crippen MR) is 82.6 cm³/mol. The maximum atomic E-state index is 6.08. The van der Waals surface area contributed by atoms with Crippen molar-refractivity contribution in [3.8, 4) is 0 Å². The lowest BCUT2D eigenvalue weighted by Crippen LogP contribution is -2.42. The molecule has 0 saturated carbocycles. The Bertz CT molecular complexity index is 394. The summed E-state index contributed by atoms with van der Waals surface area (Å²) in [6, 6.07) is 9.56. The fourth-order valence-electron chi connectivity index (χ4n) is 2.93. The maximum Gasteiger partial charge on any atom is 0.0409 e. The fraction of sp³-hybridized carbons (Fsp3) is 0.625. The van der Waals surface area contributed by atoms with Gasteiger partial charge in [-0.25, -0.2) is 0 Å². The van der Waals surface area contributed by atoms with Crippen LogP contribution in [-0.4, -0.2) is 30.6 Å². The van der Waals surface area contributed by atoms with Gasteiger partial charge in [-0.15, -0.1) is 0 Å². The van der Waals surface area contributed by atoms with Gasteiger partial charge in [0.15, 0.2) is 0 Å². The monoisotopic (exact) mass is 280 g/mol. The average Bonchev–Trinajstić information content (AvgIpc) is 2.41. The topological polar surface area (TPSA) is 15.3 Å². The first kappa shape index (κ1) is 14.8. The highest BCUT2D eigenvalue weighted by atomic mass is 35.5. The largest absolute Gasteiger partial charge is 0.317 e. The number of likely N-dealkylation sites (tertiary alicyclic amines) is 1. The second kappa shape index (κ2) is 7.28. The van der Waals surface area contributed by atoms with Crippen LogP contribution in [0.25, 0.3) is 0 Å². The van der Waals surface area contributed by atoms with E-state index in [4.69, 9.17) is 11.6 Å². The molecule has 2 nitrogen and oxygen atoms in total. The molecule has 1 fully saturated rings. The Morgan fingerprint density at radius 2 is 2.26 bits per heavy atom. The van der Waals surface area contributed by atoms with Gasteiger partial charge in [0.1, 0.15) is 0 Å². The predicted octanol–water partition coefficient (Wildman–Crippen LogP) is 3.69. The van der Waals surface area contributed by atoms with Crippen LogP contribution >= 0.6 is 11.6 Å². The molecule has 106 valence electrons. The standard InChI is InChI=1S/C16H25ClN2/c1-13(18-2)10-16-8-3-4-9-19(16)12-14-6-5-7-15(17)11-14/h5-7,11,13,16,18H,3-4,8-10,12H2,1-2H3. The molecule has 1 aliphatic heterocycles.